The van der Waals surface area contributed by atoms with E-state index in [0.29, 0.717) is 12.6 Å². The van der Waals surface area contributed by atoms with Gasteiger partial charge in [0.25, 0.3) is 5.56 Å². The predicted octanol–water partition coefficient (Wildman–Crippen LogP) is 2.91. The first kappa shape index (κ1) is 17.8. The van der Waals surface area contributed by atoms with Crippen molar-refractivity contribution in [3.63, 3.8) is 0 Å². The van der Waals surface area contributed by atoms with Crippen LogP contribution in [0.2, 0.25) is 0 Å². The molecule has 28 heavy (non-hydrogen) atoms. The average molecular weight is 380 g/mol. The fourth-order valence-corrected chi connectivity index (χ4v) is 5.36. The van der Waals surface area contributed by atoms with Gasteiger partial charge in [-0.1, -0.05) is 37.3 Å². The molecule has 5 atom stereocenters. The van der Waals surface area contributed by atoms with Gasteiger partial charge in [0.1, 0.15) is 5.82 Å². The zero-order valence-electron chi connectivity index (χ0n) is 16.7. The molecular formula is C23H29N3O2. The number of piperidine rings is 1. The van der Waals surface area contributed by atoms with Crippen molar-refractivity contribution in [1.82, 2.24) is 4.98 Å². The number of nitrogens with zero attached hydrogens (tertiary/aromatic N) is 2. The summed E-state index contributed by atoms with van der Waals surface area (Å²) in [6.45, 7) is 7.89. The van der Waals surface area contributed by atoms with Gasteiger partial charge < -0.3 is 19.5 Å². The molecule has 3 unspecified atom stereocenters. The Hall–Kier alpha value is -2.27. The van der Waals surface area contributed by atoms with Crippen molar-refractivity contribution in [3.8, 4) is 0 Å². The van der Waals surface area contributed by atoms with E-state index >= 15 is 0 Å². The molecular weight excluding hydrogens is 350 g/mol. The van der Waals surface area contributed by atoms with Crippen LogP contribution in [0.3, 0.4) is 0 Å². The minimum Gasteiger partial charge on any atom is -0.375 e. The lowest BCUT2D eigenvalue weighted by molar-refractivity contribution is 0.0532. The molecule has 2 saturated heterocycles. The number of hydrogen-bond donors (Lipinski definition) is 1. The molecule has 2 aliphatic heterocycles. The Morgan fingerprint density at radius 3 is 2.75 bits per heavy atom. The summed E-state index contributed by atoms with van der Waals surface area (Å²) >= 11 is 0. The first-order valence-electron chi connectivity index (χ1n) is 10.5. The lowest BCUT2D eigenvalue weighted by Gasteiger charge is -2.34. The lowest BCUT2D eigenvalue weighted by atomic mass is 10.0. The number of anilines is 2. The lowest BCUT2D eigenvalue weighted by Crippen LogP contribution is -2.42. The Morgan fingerprint density at radius 1 is 1.14 bits per heavy atom. The third-order valence-corrected chi connectivity index (χ3v) is 6.91. The van der Waals surface area contributed by atoms with Crippen LogP contribution in [0.25, 0.3) is 0 Å². The van der Waals surface area contributed by atoms with Gasteiger partial charge >= 0.3 is 0 Å². The third kappa shape index (κ3) is 3.22. The van der Waals surface area contributed by atoms with E-state index in [1.807, 2.05) is 0 Å². The summed E-state index contributed by atoms with van der Waals surface area (Å²) in [6.07, 6.45) is 1.23. The van der Waals surface area contributed by atoms with Gasteiger partial charge in [0.2, 0.25) is 0 Å². The molecule has 148 valence electrons. The van der Waals surface area contributed by atoms with Crippen LogP contribution in [0, 0.1) is 17.8 Å². The summed E-state index contributed by atoms with van der Waals surface area (Å²) in [7, 11) is 0. The summed E-state index contributed by atoms with van der Waals surface area (Å²) in [4.78, 5) is 20.3. The van der Waals surface area contributed by atoms with Crippen LogP contribution in [0.4, 0.5) is 11.5 Å². The van der Waals surface area contributed by atoms with Gasteiger partial charge in [-0.25, -0.2) is 0 Å². The minimum absolute atomic E-state index is 0.0151. The monoisotopic (exact) mass is 379 g/mol. The van der Waals surface area contributed by atoms with E-state index in [-0.39, 0.29) is 11.7 Å². The number of aromatic amines is 1. The quantitative estimate of drug-likeness (QED) is 0.887. The van der Waals surface area contributed by atoms with Crippen LogP contribution < -0.4 is 15.4 Å². The molecule has 3 aliphatic rings. The van der Waals surface area contributed by atoms with Crippen LogP contribution in [0.1, 0.15) is 19.4 Å². The second-order valence-electron chi connectivity index (χ2n) is 8.73. The van der Waals surface area contributed by atoms with Crippen molar-refractivity contribution in [3.05, 3.63) is 58.4 Å². The maximum Gasteiger partial charge on any atom is 0.251 e. The van der Waals surface area contributed by atoms with Crippen LogP contribution in [-0.4, -0.2) is 43.4 Å². The normalized spacial score (nSPS) is 31.7. The standard InChI is InChI=1S/C23H29N3O2/c1-15-13-25(8-9-28-15)18-11-21(24-22(27)12-18)26-14-19-16(2)23(19)20(26)10-17-6-4-3-5-7-17/h3-7,11-12,15-16,19-20,23H,8-10,13-14H2,1-2H3,(H,24,27)/t15-,16?,19?,20+,23?/m1/s1. The number of ether oxygens (including phenoxy) is 1. The fraction of sp³-hybridized carbons (Fsp3) is 0.522. The second kappa shape index (κ2) is 6.96. The van der Waals surface area contributed by atoms with E-state index in [0.717, 1.165) is 55.3 Å². The number of H-pyrrole nitrogens is 1. The number of fused-ring (bicyclic) bond motifs is 1. The first-order chi connectivity index (χ1) is 13.6. The van der Waals surface area contributed by atoms with Crippen molar-refractivity contribution >= 4 is 11.5 Å². The predicted molar refractivity (Wildman–Crippen MR) is 112 cm³/mol. The van der Waals surface area contributed by atoms with Crippen molar-refractivity contribution in [2.24, 2.45) is 17.8 Å². The fourth-order valence-electron chi connectivity index (χ4n) is 5.36. The van der Waals surface area contributed by atoms with E-state index in [4.69, 9.17) is 4.74 Å². The summed E-state index contributed by atoms with van der Waals surface area (Å²) in [5, 5.41) is 0. The maximum atomic E-state index is 12.5. The molecule has 3 fully saturated rings. The summed E-state index contributed by atoms with van der Waals surface area (Å²) in [6, 6.07) is 15.1. The van der Waals surface area contributed by atoms with Crippen molar-refractivity contribution in [1.29, 1.82) is 0 Å². The number of nitrogens with one attached hydrogen (secondary N) is 1. The molecule has 1 N–H and O–H groups in total. The van der Waals surface area contributed by atoms with Crippen molar-refractivity contribution < 1.29 is 4.74 Å². The number of hydrogen-bond acceptors (Lipinski definition) is 4. The Kier molecular flexibility index (Phi) is 4.43. The Morgan fingerprint density at radius 2 is 1.96 bits per heavy atom. The number of morpholine rings is 1. The molecule has 5 rings (SSSR count). The highest BCUT2D eigenvalue weighted by atomic mass is 16.5. The van der Waals surface area contributed by atoms with Crippen molar-refractivity contribution in [2.75, 3.05) is 36.0 Å². The summed E-state index contributed by atoms with van der Waals surface area (Å²) < 4.78 is 5.67. The molecule has 1 aliphatic carbocycles. The molecule has 0 amide bonds. The van der Waals surface area contributed by atoms with Gasteiger partial charge in [0.05, 0.1) is 12.7 Å². The van der Waals surface area contributed by atoms with Gasteiger partial charge in [0.15, 0.2) is 0 Å². The van der Waals surface area contributed by atoms with Gasteiger partial charge in [-0.2, -0.15) is 0 Å². The molecule has 5 nitrogen and oxygen atoms in total. The van der Waals surface area contributed by atoms with E-state index in [1.54, 1.807) is 6.07 Å². The number of rotatable bonds is 4. The van der Waals surface area contributed by atoms with E-state index < -0.39 is 0 Å². The molecule has 2 aromatic rings. The number of pyridine rings is 1. The number of benzene rings is 1. The molecule has 3 heterocycles. The SMILES string of the molecule is CC1C2CN(c3cc(N4CCO[C@H](C)C4)cc(=O)[nH]3)[C@@H](Cc3ccccc3)C12. The topological polar surface area (TPSA) is 48.6 Å². The maximum absolute atomic E-state index is 12.5. The summed E-state index contributed by atoms with van der Waals surface area (Å²) in [5.74, 6) is 3.25. The number of aromatic nitrogens is 1. The molecule has 1 saturated carbocycles. The van der Waals surface area contributed by atoms with Crippen LogP contribution in [0.15, 0.2) is 47.3 Å². The van der Waals surface area contributed by atoms with Crippen LogP contribution in [-0.2, 0) is 11.2 Å². The Balaban J connectivity index is 1.43. The largest absolute Gasteiger partial charge is 0.375 e. The Labute approximate surface area is 166 Å². The molecule has 1 aromatic carbocycles. The molecule has 0 radical (unpaired) electrons. The van der Waals surface area contributed by atoms with E-state index in [9.17, 15) is 4.79 Å². The molecule has 0 bridgehead atoms. The highest BCUT2D eigenvalue weighted by Gasteiger charge is 2.58. The van der Waals surface area contributed by atoms with Gasteiger partial charge in [-0.15, -0.1) is 0 Å². The molecule has 1 aromatic heterocycles. The third-order valence-electron chi connectivity index (χ3n) is 6.91. The van der Waals surface area contributed by atoms with Gasteiger partial charge in [-0.3, -0.25) is 4.79 Å². The average Bonchev–Trinajstić information content (AvgIpc) is 3.16. The minimum atomic E-state index is -0.0151. The van der Waals surface area contributed by atoms with Crippen LogP contribution in [0.5, 0.6) is 0 Å². The van der Waals surface area contributed by atoms with Gasteiger partial charge in [0, 0.05) is 43.5 Å². The first-order valence-corrected chi connectivity index (χ1v) is 10.5. The zero-order valence-corrected chi connectivity index (χ0v) is 16.7. The molecule has 0 spiro atoms. The highest BCUT2D eigenvalue weighted by Crippen LogP contribution is 2.56. The van der Waals surface area contributed by atoms with E-state index in [2.05, 4.69) is 65.0 Å². The Bertz CT molecular complexity index is 896. The zero-order chi connectivity index (χ0) is 19.3. The van der Waals surface area contributed by atoms with Crippen molar-refractivity contribution in [2.45, 2.75) is 32.4 Å². The smallest absolute Gasteiger partial charge is 0.251 e. The highest BCUT2D eigenvalue weighted by molar-refractivity contribution is 5.57. The van der Waals surface area contributed by atoms with Gasteiger partial charge in [-0.05, 0) is 36.7 Å². The summed E-state index contributed by atoms with van der Waals surface area (Å²) in [5.41, 5.74) is 2.37. The van der Waals surface area contributed by atoms with Crippen LogP contribution >= 0.6 is 0 Å². The van der Waals surface area contributed by atoms with E-state index in [1.165, 1.54) is 5.56 Å². The molecule has 5 heteroatoms. The second-order valence-corrected chi connectivity index (χ2v) is 8.73.